The molecule has 0 fully saturated rings. The number of nitrogens with one attached hydrogen (secondary N) is 1. The number of anilines is 1. The molecule has 0 aliphatic carbocycles. The highest BCUT2D eigenvalue weighted by Gasteiger charge is 2.27. The van der Waals surface area contributed by atoms with Crippen molar-refractivity contribution in [3.05, 3.63) is 51.7 Å². The minimum Gasteiger partial charge on any atom is -0.396 e. The molecule has 0 saturated carbocycles. The van der Waals surface area contributed by atoms with Gasteiger partial charge in [-0.2, -0.15) is 0 Å². The molecule has 1 aromatic carbocycles. The number of aliphatic hydroxyl groups excluding tert-OH is 1. The predicted octanol–water partition coefficient (Wildman–Crippen LogP) is 3.25. The van der Waals surface area contributed by atoms with E-state index in [-0.39, 0.29) is 17.8 Å². The third kappa shape index (κ3) is 3.31. The first-order valence-corrected chi connectivity index (χ1v) is 8.89. The van der Waals surface area contributed by atoms with Crippen LogP contribution in [0.3, 0.4) is 0 Å². The first-order valence-electron chi connectivity index (χ1n) is 6.96. The molecule has 3 rings (SSSR count). The summed E-state index contributed by atoms with van der Waals surface area (Å²) in [5.74, 6) is 1.05. The smallest absolute Gasteiger partial charge is 0.242 e. The normalized spacial score (nSPS) is 17.3. The van der Waals surface area contributed by atoms with Gasteiger partial charge in [0.1, 0.15) is 5.25 Å². The van der Waals surface area contributed by atoms with Crippen LogP contribution in [-0.4, -0.2) is 23.4 Å². The zero-order chi connectivity index (χ0) is 14.7. The van der Waals surface area contributed by atoms with Gasteiger partial charge in [-0.05, 0) is 53.3 Å². The van der Waals surface area contributed by atoms with Crippen molar-refractivity contribution in [2.24, 2.45) is 0 Å². The zero-order valence-electron chi connectivity index (χ0n) is 11.5. The van der Waals surface area contributed by atoms with Crippen molar-refractivity contribution in [2.75, 3.05) is 17.7 Å². The topological polar surface area (TPSA) is 49.3 Å². The molecule has 0 bridgehead atoms. The molecule has 1 aliphatic rings. The number of rotatable bonds is 4. The summed E-state index contributed by atoms with van der Waals surface area (Å²) in [6, 6.07) is 9.74. The van der Waals surface area contributed by atoms with Gasteiger partial charge in [-0.3, -0.25) is 4.79 Å². The zero-order valence-corrected chi connectivity index (χ0v) is 13.2. The monoisotopic (exact) mass is 319 g/mol. The Morgan fingerprint density at radius 1 is 1.29 bits per heavy atom. The number of benzene rings is 1. The van der Waals surface area contributed by atoms with E-state index in [0.29, 0.717) is 6.42 Å². The molecule has 1 atom stereocenters. The lowest BCUT2D eigenvalue weighted by molar-refractivity contribution is -0.115. The quantitative estimate of drug-likeness (QED) is 0.909. The van der Waals surface area contributed by atoms with Crippen LogP contribution in [-0.2, 0) is 17.6 Å². The number of hydrogen-bond donors (Lipinski definition) is 2. The van der Waals surface area contributed by atoms with Crippen molar-refractivity contribution in [1.29, 1.82) is 0 Å². The molecular weight excluding hydrogens is 302 g/mol. The largest absolute Gasteiger partial charge is 0.396 e. The Balaban J connectivity index is 1.70. The van der Waals surface area contributed by atoms with Crippen LogP contribution in [0, 0.1) is 0 Å². The highest BCUT2D eigenvalue weighted by molar-refractivity contribution is 8.00. The number of fused-ring (bicyclic) bond motifs is 1. The maximum Gasteiger partial charge on any atom is 0.242 e. The van der Waals surface area contributed by atoms with E-state index in [2.05, 4.69) is 16.8 Å². The van der Waals surface area contributed by atoms with Gasteiger partial charge in [0.25, 0.3) is 0 Å². The van der Waals surface area contributed by atoms with Crippen LogP contribution in [0.4, 0.5) is 5.69 Å². The van der Waals surface area contributed by atoms with Crippen LogP contribution >= 0.6 is 23.1 Å². The minimum atomic E-state index is -0.0999. The predicted molar refractivity (Wildman–Crippen MR) is 89.1 cm³/mol. The number of thioether (sulfide) groups is 1. The van der Waals surface area contributed by atoms with Gasteiger partial charge in [-0.1, -0.05) is 12.1 Å². The second-order valence-electron chi connectivity index (χ2n) is 4.96. The molecule has 1 aliphatic heterocycles. The Kier molecular flexibility index (Phi) is 4.63. The number of carbonyl (C=O) groups is 1. The lowest BCUT2D eigenvalue weighted by Gasteiger charge is -2.21. The summed E-state index contributed by atoms with van der Waals surface area (Å²) < 4.78 is 0. The molecule has 1 aromatic heterocycles. The number of amides is 1. The van der Waals surface area contributed by atoms with E-state index in [1.165, 1.54) is 10.4 Å². The number of carbonyl (C=O) groups excluding carboxylic acids is 1. The molecule has 110 valence electrons. The van der Waals surface area contributed by atoms with Gasteiger partial charge < -0.3 is 10.4 Å². The van der Waals surface area contributed by atoms with Crippen LogP contribution in [0.25, 0.3) is 0 Å². The molecule has 1 unspecified atom stereocenters. The summed E-state index contributed by atoms with van der Waals surface area (Å²) in [4.78, 5) is 13.8. The maximum absolute atomic E-state index is 12.5. The Morgan fingerprint density at radius 3 is 2.86 bits per heavy atom. The summed E-state index contributed by atoms with van der Waals surface area (Å²) in [7, 11) is 0. The first kappa shape index (κ1) is 14.6. The van der Waals surface area contributed by atoms with Gasteiger partial charge in [-0.25, -0.2) is 0 Å². The maximum atomic E-state index is 12.5. The average Bonchev–Trinajstić information content (AvgIpc) is 2.98. The third-order valence-electron chi connectivity index (χ3n) is 3.54. The molecule has 2 aromatic rings. The van der Waals surface area contributed by atoms with Crippen LogP contribution in [0.2, 0.25) is 0 Å². The van der Waals surface area contributed by atoms with Gasteiger partial charge in [0, 0.05) is 17.2 Å². The van der Waals surface area contributed by atoms with Gasteiger partial charge in [0.15, 0.2) is 0 Å². The van der Waals surface area contributed by atoms with Crippen LogP contribution < -0.4 is 5.32 Å². The van der Waals surface area contributed by atoms with E-state index < -0.39 is 0 Å². The van der Waals surface area contributed by atoms with Gasteiger partial charge in [-0.15, -0.1) is 23.1 Å². The first-order chi connectivity index (χ1) is 10.3. The Labute approximate surface area is 132 Å². The van der Waals surface area contributed by atoms with Crippen LogP contribution in [0.1, 0.15) is 21.3 Å². The summed E-state index contributed by atoms with van der Waals surface area (Å²) in [6.07, 6.45) is 1.71. The molecule has 21 heavy (non-hydrogen) atoms. The molecule has 5 heteroatoms. The number of aryl methyl sites for hydroxylation is 1. The molecule has 0 spiro atoms. The fourth-order valence-electron chi connectivity index (χ4n) is 2.46. The van der Waals surface area contributed by atoms with E-state index in [1.807, 2.05) is 24.3 Å². The fraction of sp³-hybridized carbons (Fsp3) is 0.312. The third-order valence-corrected chi connectivity index (χ3v) is 5.77. The Morgan fingerprint density at radius 2 is 2.10 bits per heavy atom. The van der Waals surface area contributed by atoms with Crippen molar-refractivity contribution in [3.8, 4) is 0 Å². The summed E-state index contributed by atoms with van der Waals surface area (Å²) in [5.41, 5.74) is 3.05. The number of thiophene rings is 1. The number of hydrogen-bond acceptors (Lipinski definition) is 4. The van der Waals surface area contributed by atoms with Gasteiger partial charge in [0.2, 0.25) is 5.91 Å². The van der Waals surface area contributed by atoms with E-state index in [9.17, 15) is 4.79 Å². The molecular formula is C16H17NO2S2. The second-order valence-corrected chi connectivity index (χ2v) is 7.17. The van der Waals surface area contributed by atoms with E-state index >= 15 is 0 Å². The highest BCUT2D eigenvalue weighted by Crippen LogP contribution is 2.39. The lowest BCUT2D eigenvalue weighted by Crippen LogP contribution is -2.22. The van der Waals surface area contributed by atoms with E-state index in [0.717, 1.165) is 23.4 Å². The summed E-state index contributed by atoms with van der Waals surface area (Å²) >= 11 is 3.45. The van der Waals surface area contributed by atoms with Crippen molar-refractivity contribution >= 4 is 34.7 Å². The van der Waals surface area contributed by atoms with Crippen LogP contribution in [0.15, 0.2) is 35.7 Å². The molecule has 0 radical (unpaired) electrons. The van der Waals surface area contributed by atoms with E-state index in [1.54, 1.807) is 23.1 Å². The molecule has 0 saturated heterocycles. The van der Waals surface area contributed by atoms with Crippen molar-refractivity contribution < 1.29 is 9.90 Å². The van der Waals surface area contributed by atoms with Gasteiger partial charge >= 0.3 is 0 Å². The SMILES string of the molecule is O=C(Nc1ccc(CCO)cc1)C1SCCc2sccc21. The molecule has 3 nitrogen and oxygen atoms in total. The van der Waals surface area contributed by atoms with Crippen molar-refractivity contribution in [3.63, 3.8) is 0 Å². The molecule has 1 amide bonds. The van der Waals surface area contributed by atoms with Crippen LogP contribution in [0.5, 0.6) is 0 Å². The molecule has 2 heterocycles. The average molecular weight is 319 g/mol. The molecule has 2 N–H and O–H groups in total. The highest BCUT2D eigenvalue weighted by atomic mass is 32.2. The minimum absolute atomic E-state index is 0.0502. The summed E-state index contributed by atoms with van der Waals surface area (Å²) in [6.45, 7) is 0.144. The number of aliphatic hydroxyl groups is 1. The lowest BCUT2D eigenvalue weighted by atomic mass is 10.1. The van der Waals surface area contributed by atoms with Crippen molar-refractivity contribution in [2.45, 2.75) is 18.1 Å². The Bertz CT molecular complexity index is 621. The summed E-state index contributed by atoms with van der Waals surface area (Å²) in [5, 5.41) is 13.9. The second kappa shape index (κ2) is 6.64. The van der Waals surface area contributed by atoms with Gasteiger partial charge in [0.05, 0.1) is 0 Å². The Hall–Kier alpha value is -1.30. The standard InChI is InChI=1S/C16H17NO2S2/c18-8-5-11-1-3-12(4-2-11)17-16(19)15-13-6-9-20-14(13)7-10-21-15/h1-4,6,9,15,18H,5,7-8,10H2,(H,17,19). The van der Waals surface area contributed by atoms with E-state index in [4.69, 9.17) is 5.11 Å². The fourth-order valence-corrected chi connectivity index (χ4v) is 4.75. The van der Waals surface area contributed by atoms with Crippen molar-refractivity contribution in [1.82, 2.24) is 0 Å².